The molecular weight excluding hydrogens is 246 g/mol. The number of nitrogens with two attached hydrogens (primary N) is 1. The standard InChI is InChI=1S/C15H22ClNO/c1-14(2,18)10-13(17)15(7-4-8-15)11-5-3-6-12(16)9-11/h3,5-6,9,13,18H,4,7-8,10,17H2,1-2H3. The van der Waals surface area contributed by atoms with Crippen LogP contribution in [-0.2, 0) is 5.41 Å². The third-order valence-corrected chi connectivity index (χ3v) is 4.31. The number of halogens is 1. The van der Waals surface area contributed by atoms with Crippen LogP contribution in [0.5, 0.6) is 0 Å². The molecule has 0 radical (unpaired) electrons. The second kappa shape index (κ2) is 4.84. The highest BCUT2D eigenvalue weighted by atomic mass is 35.5. The summed E-state index contributed by atoms with van der Waals surface area (Å²) in [6, 6.07) is 7.97. The second-order valence-corrected chi connectivity index (χ2v) is 6.58. The molecule has 1 fully saturated rings. The topological polar surface area (TPSA) is 46.2 Å². The van der Waals surface area contributed by atoms with Gasteiger partial charge in [-0.05, 0) is 50.8 Å². The molecule has 18 heavy (non-hydrogen) atoms. The van der Waals surface area contributed by atoms with Crippen LogP contribution >= 0.6 is 11.6 Å². The van der Waals surface area contributed by atoms with Gasteiger partial charge in [0.25, 0.3) is 0 Å². The van der Waals surface area contributed by atoms with Gasteiger partial charge in [0.05, 0.1) is 5.60 Å². The highest BCUT2D eigenvalue weighted by Gasteiger charge is 2.45. The molecule has 1 aliphatic rings. The molecule has 0 aliphatic heterocycles. The van der Waals surface area contributed by atoms with Gasteiger partial charge >= 0.3 is 0 Å². The van der Waals surface area contributed by atoms with E-state index in [1.54, 1.807) is 0 Å². The first-order valence-corrected chi connectivity index (χ1v) is 6.95. The Hall–Kier alpha value is -0.570. The summed E-state index contributed by atoms with van der Waals surface area (Å²) in [5, 5.41) is 10.7. The Balaban J connectivity index is 2.25. The number of benzene rings is 1. The fourth-order valence-corrected chi connectivity index (χ4v) is 3.15. The van der Waals surface area contributed by atoms with E-state index < -0.39 is 5.60 Å². The number of hydrogen-bond acceptors (Lipinski definition) is 2. The van der Waals surface area contributed by atoms with Crippen LogP contribution in [-0.4, -0.2) is 16.7 Å². The van der Waals surface area contributed by atoms with Gasteiger partial charge in [-0.3, -0.25) is 0 Å². The van der Waals surface area contributed by atoms with Crippen molar-refractivity contribution in [3.8, 4) is 0 Å². The number of aliphatic hydroxyl groups is 1. The Morgan fingerprint density at radius 1 is 1.44 bits per heavy atom. The zero-order valence-corrected chi connectivity index (χ0v) is 11.9. The van der Waals surface area contributed by atoms with E-state index in [2.05, 4.69) is 6.07 Å². The van der Waals surface area contributed by atoms with Gasteiger partial charge < -0.3 is 10.8 Å². The van der Waals surface area contributed by atoms with Crippen molar-refractivity contribution in [3.05, 3.63) is 34.9 Å². The van der Waals surface area contributed by atoms with Gasteiger partial charge in [-0.15, -0.1) is 0 Å². The van der Waals surface area contributed by atoms with Crippen molar-refractivity contribution in [3.63, 3.8) is 0 Å². The quantitative estimate of drug-likeness (QED) is 0.880. The van der Waals surface area contributed by atoms with Gasteiger partial charge in [0, 0.05) is 16.5 Å². The fraction of sp³-hybridized carbons (Fsp3) is 0.600. The maximum atomic E-state index is 9.97. The first-order chi connectivity index (χ1) is 8.33. The van der Waals surface area contributed by atoms with Crippen LogP contribution in [0.3, 0.4) is 0 Å². The summed E-state index contributed by atoms with van der Waals surface area (Å²) in [4.78, 5) is 0. The molecule has 1 atom stereocenters. The minimum absolute atomic E-state index is 0.00486. The molecule has 2 rings (SSSR count). The molecule has 3 heteroatoms. The van der Waals surface area contributed by atoms with Crippen molar-refractivity contribution in [1.82, 2.24) is 0 Å². The van der Waals surface area contributed by atoms with E-state index in [1.807, 2.05) is 32.0 Å². The van der Waals surface area contributed by atoms with Crippen molar-refractivity contribution in [1.29, 1.82) is 0 Å². The Bertz CT molecular complexity index is 421. The summed E-state index contributed by atoms with van der Waals surface area (Å²) in [7, 11) is 0. The molecule has 1 aromatic rings. The van der Waals surface area contributed by atoms with E-state index in [-0.39, 0.29) is 11.5 Å². The van der Waals surface area contributed by atoms with E-state index in [9.17, 15) is 5.11 Å². The number of hydrogen-bond donors (Lipinski definition) is 2. The van der Waals surface area contributed by atoms with Gasteiger partial charge in [0.1, 0.15) is 0 Å². The third kappa shape index (κ3) is 2.71. The summed E-state index contributed by atoms with van der Waals surface area (Å²) in [5.74, 6) is 0. The van der Waals surface area contributed by atoms with Crippen molar-refractivity contribution < 1.29 is 5.11 Å². The predicted molar refractivity (Wildman–Crippen MR) is 75.9 cm³/mol. The Labute approximate surface area is 114 Å². The van der Waals surface area contributed by atoms with Crippen LogP contribution in [0.25, 0.3) is 0 Å². The van der Waals surface area contributed by atoms with Gasteiger partial charge in [-0.2, -0.15) is 0 Å². The Morgan fingerprint density at radius 3 is 2.56 bits per heavy atom. The van der Waals surface area contributed by atoms with E-state index in [0.717, 1.165) is 17.9 Å². The molecule has 0 heterocycles. The predicted octanol–water partition coefficient (Wildman–Crippen LogP) is 3.25. The highest BCUT2D eigenvalue weighted by Crippen LogP contribution is 2.47. The van der Waals surface area contributed by atoms with Gasteiger partial charge in [-0.1, -0.05) is 30.2 Å². The normalized spacial score (nSPS) is 20.3. The van der Waals surface area contributed by atoms with E-state index in [1.165, 1.54) is 12.0 Å². The second-order valence-electron chi connectivity index (χ2n) is 6.14. The molecule has 2 nitrogen and oxygen atoms in total. The average Bonchev–Trinajstić information content (AvgIpc) is 2.12. The lowest BCUT2D eigenvalue weighted by Gasteiger charge is -2.48. The molecule has 0 saturated heterocycles. The van der Waals surface area contributed by atoms with E-state index >= 15 is 0 Å². The summed E-state index contributed by atoms with van der Waals surface area (Å²) in [6.45, 7) is 3.63. The Kier molecular flexibility index (Phi) is 3.72. The summed E-state index contributed by atoms with van der Waals surface area (Å²) < 4.78 is 0. The van der Waals surface area contributed by atoms with Crippen LogP contribution in [0.2, 0.25) is 5.02 Å². The lowest BCUT2D eigenvalue weighted by molar-refractivity contribution is 0.0411. The van der Waals surface area contributed by atoms with Crippen molar-refractivity contribution >= 4 is 11.6 Å². The molecule has 100 valence electrons. The van der Waals surface area contributed by atoms with Gasteiger partial charge in [0.15, 0.2) is 0 Å². The first kappa shape index (κ1) is 13.9. The molecule has 0 spiro atoms. The fourth-order valence-electron chi connectivity index (χ4n) is 2.96. The van der Waals surface area contributed by atoms with E-state index in [0.29, 0.717) is 6.42 Å². The molecule has 0 amide bonds. The first-order valence-electron chi connectivity index (χ1n) is 6.57. The third-order valence-electron chi connectivity index (χ3n) is 4.07. The van der Waals surface area contributed by atoms with Crippen molar-refractivity contribution in [2.24, 2.45) is 5.73 Å². The largest absolute Gasteiger partial charge is 0.390 e. The zero-order chi connectivity index (χ0) is 13.4. The van der Waals surface area contributed by atoms with Crippen molar-refractivity contribution in [2.75, 3.05) is 0 Å². The maximum absolute atomic E-state index is 9.97. The maximum Gasteiger partial charge on any atom is 0.0606 e. The zero-order valence-electron chi connectivity index (χ0n) is 11.1. The smallest absolute Gasteiger partial charge is 0.0606 e. The lowest BCUT2D eigenvalue weighted by Crippen LogP contribution is -2.52. The Morgan fingerprint density at radius 2 is 2.11 bits per heavy atom. The SMILES string of the molecule is CC(C)(O)CC(N)C1(c2cccc(Cl)c2)CCC1. The average molecular weight is 268 g/mol. The molecule has 0 bridgehead atoms. The van der Waals surface area contributed by atoms with Gasteiger partial charge in [0.2, 0.25) is 0 Å². The number of rotatable bonds is 4. The summed E-state index contributed by atoms with van der Waals surface area (Å²) >= 11 is 6.08. The molecule has 3 N–H and O–H groups in total. The summed E-state index contributed by atoms with van der Waals surface area (Å²) in [5.41, 5.74) is 6.88. The summed E-state index contributed by atoms with van der Waals surface area (Å²) in [6.07, 6.45) is 3.99. The minimum Gasteiger partial charge on any atom is -0.390 e. The van der Waals surface area contributed by atoms with Crippen molar-refractivity contribution in [2.45, 2.75) is 56.6 Å². The van der Waals surface area contributed by atoms with E-state index in [4.69, 9.17) is 17.3 Å². The van der Waals surface area contributed by atoms with Crippen LogP contribution in [0.4, 0.5) is 0 Å². The molecule has 1 aliphatic carbocycles. The lowest BCUT2D eigenvalue weighted by atomic mass is 9.59. The van der Waals surface area contributed by atoms with Crippen LogP contribution in [0.15, 0.2) is 24.3 Å². The molecule has 0 aromatic heterocycles. The molecule has 1 unspecified atom stereocenters. The minimum atomic E-state index is -0.722. The van der Waals surface area contributed by atoms with Gasteiger partial charge in [-0.25, -0.2) is 0 Å². The molecular formula is C15H22ClNO. The van der Waals surface area contributed by atoms with Crippen LogP contribution < -0.4 is 5.73 Å². The van der Waals surface area contributed by atoms with Crippen LogP contribution in [0, 0.1) is 0 Å². The molecule has 1 saturated carbocycles. The van der Waals surface area contributed by atoms with Crippen LogP contribution in [0.1, 0.15) is 45.1 Å². The monoisotopic (exact) mass is 267 g/mol. The highest BCUT2D eigenvalue weighted by molar-refractivity contribution is 6.30. The molecule has 1 aromatic carbocycles.